The maximum Gasteiger partial charge on any atom is 0.124 e. The normalized spacial score (nSPS) is 19.2. The van der Waals surface area contributed by atoms with Crippen LogP contribution in [-0.4, -0.2) is 11.5 Å². The molecule has 0 unspecified atom stereocenters. The van der Waals surface area contributed by atoms with Crippen molar-refractivity contribution in [1.82, 2.24) is 0 Å². The van der Waals surface area contributed by atoms with E-state index >= 15 is 0 Å². The predicted molar refractivity (Wildman–Crippen MR) is 76.5 cm³/mol. The van der Waals surface area contributed by atoms with E-state index in [1.807, 2.05) is 6.07 Å². The monoisotopic (exact) mass is 270 g/mol. The van der Waals surface area contributed by atoms with Gasteiger partial charge in [0, 0.05) is 10.6 Å². The summed E-state index contributed by atoms with van der Waals surface area (Å²) in [7, 11) is 0. The van der Waals surface area contributed by atoms with Crippen LogP contribution in [0.5, 0.6) is 0 Å². The molecule has 0 amide bonds. The van der Waals surface area contributed by atoms with Gasteiger partial charge in [-0.25, -0.2) is 4.39 Å². The molecule has 1 aromatic rings. The molecule has 0 radical (unpaired) electrons. The van der Waals surface area contributed by atoms with E-state index in [0.29, 0.717) is 5.41 Å². The second-order valence-corrected chi connectivity index (χ2v) is 6.33. The molecule has 1 aliphatic rings. The van der Waals surface area contributed by atoms with Gasteiger partial charge in [-0.05, 0) is 42.2 Å². The molecule has 1 fully saturated rings. The number of halogens is 1. The molecule has 1 aliphatic carbocycles. The first-order valence-corrected chi connectivity index (χ1v) is 7.85. The lowest BCUT2D eigenvalue weighted by Crippen LogP contribution is -2.28. The van der Waals surface area contributed by atoms with E-state index in [4.69, 9.17) is 0 Å². The summed E-state index contributed by atoms with van der Waals surface area (Å²) < 4.78 is 13.1. The predicted octanol–water partition coefficient (Wildman–Crippen LogP) is 4.80. The van der Waals surface area contributed by atoms with Crippen LogP contribution in [0.3, 0.4) is 0 Å². The average molecular weight is 270 g/mol. The van der Waals surface area contributed by atoms with E-state index in [2.05, 4.69) is 12.6 Å². The standard InChI is InChI=1S/C14H19FS2/c15-12-5-4-6-13(9-12)17-11-14(10-16)7-2-1-3-8-14/h4-6,9,16H,1-3,7-8,10-11H2. The second kappa shape index (κ2) is 6.14. The summed E-state index contributed by atoms with van der Waals surface area (Å²) in [4.78, 5) is 1.04. The molecule has 0 nitrogen and oxygen atoms in total. The molecule has 0 spiro atoms. The summed E-state index contributed by atoms with van der Waals surface area (Å²) >= 11 is 6.30. The van der Waals surface area contributed by atoms with E-state index in [-0.39, 0.29) is 5.82 Å². The van der Waals surface area contributed by atoms with Crippen LogP contribution in [-0.2, 0) is 0 Å². The molecule has 0 saturated heterocycles. The molecule has 0 atom stereocenters. The third-order valence-electron chi connectivity index (χ3n) is 3.59. The van der Waals surface area contributed by atoms with Crippen LogP contribution < -0.4 is 0 Å². The molecule has 94 valence electrons. The van der Waals surface area contributed by atoms with Gasteiger partial charge in [0.2, 0.25) is 0 Å². The van der Waals surface area contributed by atoms with Gasteiger partial charge < -0.3 is 0 Å². The van der Waals surface area contributed by atoms with Crippen LogP contribution in [0, 0.1) is 11.2 Å². The van der Waals surface area contributed by atoms with Gasteiger partial charge in [-0.1, -0.05) is 25.3 Å². The Hall–Kier alpha value is -0.150. The minimum absolute atomic E-state index is 0.140. The Morgan fingerprint density at radius 2 is 2.00 bits per heavy atom. The molecular weight excluding hydrogens is 251 g/mol. The van der Waals surface area contributed by atoms with Crippen LogP contribution in [0.4, 0.5) is 4.39 Å². The highest BCUT2D eigenvalue weighted by Gasteiger charge is 2.30. The number of rotatable bonds is 4. The van der Waals surface area contributed by atoms with Crippen molar-refractivity contribution >= 4 is 24.4 Å². The van der Waals surface area contributed by atoms with Crippen LogP contribution >= 0.6 is 24.4 Å². The zero-order valence-electron chi connectivity index (χ0n) is 9.99. The molecule has 17 heavy (non-hydrogen) atoms. The zero-order valence-corrected chi connectivity index (χ0v) is 11.7. The molecule has 3 heteroatoms. The Bertz CT molecular complexity index is 359. The minimum Gasteiger partial charge on any atom is -0.207 e. The highest BCUT2D eigenvalue weighted by atomic mass is 32.2. The fourth-order valence-corrected chi connectivity index (χ4v) is 4.26. The van der Waals surface area contributed by atoms with E-state index in [1.165, 1.54) is 38.2 Å². The second-order valence-electron chi connectivity index (χ2n) is 4.96. The molecule has 2 rings (SSSR count). The lowest BCUT2D eigenvalue weighted by atomic mass is 9.77. The number of thioether (sulfide) groups is 1. The minimum atomic E-state index is -0.140. The van der Waals surface area contributed by atoms with Gasteiger partial charge in [0.25, 0.3) is 0 Å². The molecule has 0 heterocycles. The lowest BCUT2D eigenvalue weighted by molar-refractivity contribution is 0.259. The summed E-state index contributed by atoms with van der Waals surface area (Å²) in [5.41, 5.74) is 0.373. The van der Waals surface area contributed by atoms with Crippen LogP contribution in [0.25, 0.3) is 0 Å². The third kappa shape index (κ3) is 3.65. The smallest absolute Gasteiger partial charge is 0.124 e. The first-order chi connectivity index (χ1) is 8.24. The summed E-state index contributed by atoms with van der Waals surface area (Å²) in [5, 5.41) is 0. The van der Waals surface area contributed by atoms with Crippen molar-refractivity contribution in [3.8, 4) is 0 Å². The van der Waals surface area contributed by atoms with Gasteiger partial charge in [-0.15, -0.1) is 11.8 Å². The van der Waals surface area contributed by atoms with E-state index < -0.39 is 0 Å². The quantitative estimate of drug-likeness (QED) is 0.606. The van der Waals surface area contributed by atoms with Crippen LogP contribution in [0.1, 0.15) is 32.1 Å². The van der Waals surface area contributed by atoms with Gasteiger partial charge in [0.15, 0.2) is 0 Å². The Balaban J connectivity index is 1.95. The van der Waals surface area contributed by atoms with Crippen LogP contribution in [0.2, 0.25) is 0 Å². The fourth-order valence-electron chi connectivity index (χ4n) is 2.44. The van der Waals surface area contributed by atoms with E-state index in [1.54, 1.807) is 23.9 Å². The van der Waals surface area contributed by atoms with Gasteiger partial charge in [0.1, 0.15) is 5.82 Å². The zero-order chi connectivity index (χ0) is 12.1. The first kappa shape index (κ1) is 13.3. The maximum absolute atomic E-state index is 13.1. The molecule has 0 aromatic heterocycles. The Morgan fingerprint density at radius 3 is 2.65 bits per heavy atom. The maximum atomic E-state index is 13.1. The molecule has 0 aliphatic heterocycles. The van der Waals surface area contributed by atoms with Gasteiger partial charge in [-0.2, -0.15) is 12.6 Å². The van der Waals surface area contributed by atoms with Crippen molar-refractivity contribution in [3.05, 3.63) is 30.1 Å². The number of hydrogen-bond acceptors (Lipinski definition) is 2. The highest BCUT2D eigenvalue weighted by Crippen LogP contribution is 2.41. The van der Waals surface area contributed by atoms with Gasteiger partial charge in [0.05, 0.1) is 0 Å². The summed E-state index contributed by atoms with van der Waals surface area (Å²) in [6, 6.07) is 6.90. The van der Waals surface area contributed by atoms with Crippen molar-refractivity contribution < 1.29 is 4.39 Å². The highest BCUT2D eigenvalue weighted by molar-refractivity contribution is 7.99. The van der Waals surface area contributed by atoms with Crippen molar-refractivity contribution in [2.24, 2.45) is 5.41 Å². The van der Waals surface area contributed by atoms with E-state index in [0.717, 1.165) is 16.4 Å². The molecule has 0 bridgehead atoms. The summed E-state index contributed by atoms with van der Waals surface area (Å²) in [6.07, 6.45) is 6.56. The largest absolute Gasteiger partial charge is 0.207 e. The van der Waals surface area contributed by atoms with Gasteiger partial charge >= 0.3 is 0 Å². The topological polar surface area (TPSA) is 0 Å². The molecule has 1 aromatic carbocycles. The summed E-state index contributed by atoms with van der Waals surface area (Å²) in [5.74, 6) is 1.88. The van der Waals surface area contributed by atoms with E-state index in [9.17, 15) is 4.39 Å². The lowest BCUT2D eigenvalue weighted by Gasteiger charge is -2.35. The SMILES string of the molecule is Fc1cccc(SCC2(CS)CCCCC2)c1. The number of hydrogen-bond donors (Lipinski definition) is 1. The molecular formula is C14H19FS2. The third-order valence-corrected chi connectivity index (χ3v) is 5.61. The van der Waals surface area contributed by atoms with Gasteiger partial charge in [-0.3, -0.25) is 0 Å². The Morgan fingerprint density at radius 1 is 1.24 bits per heavy atom. The van der Waals surface area contributed by atoms with Crippen LogP contribution in [0.15, 0.2) is 29.2 Å². The Labute approximate surface area is 113 Å². The first-order valence-electron chi connectivity index (χ1n) is 6.23. The average Bonchev–Trinajstić information content (AvgIpc) is 2.38. The Kier molecular flexibility index (Phi) is 4.80. The molecule has 0 N–H and O–H groups in total. The number of thiol groups is 1. The number of benzene rings is 1. The van der Waals surface area contributed by atoms with Crippen molar-refractivity contribution in [1.29, 1.82) is 0 Å². The van der Waals surface area contributed by atoms with Crippen molar-refractivity contribution in [2.45, 2.75) is 37.0 Å². The van der Waals surface area contributed by atoms with Crippen molar-refractivity contribution in [2.75, 3.05) is 11.5 Å². The van der Waals surface area contributed by atoms with Crippen molar-refractivity contribution in [3.63, 3.8) is 0 Å². The summed E-state index contributed by atoms with van der Waals surface area (Å²) in [6.45, 7) is 0. The fraction of sp³-hybridized carbons (Fsp3) is 0.571. The molecule has 1 saturated carbocycles.